The second-order valence-corrected chi connectivity index (χ2v) is 14.2. The number of likely N-dealkylation sites (N-methyl/N-ethyl adjacent to an activating group) is 1. The minimum atomic E-state index is -4.36. The van der Waals surface area contributed by atoms with Crippen LogP contribution in [-0.2, 0) is 32.7 Å². The third kappa shape index (κ3) is 37.2. The van der Waals surface area contributed by atoms with E-state index in [1.165, 1.54) is 12.8 Å². The fourth-order valence-corrected chi connectivity index (χ4v) is 5.54. The number of esters is 2. The van der Waals surface area contributed by atoms with Crippen LogP contribution in [0.4, 0.5) is 0 Å². The number of unbranched alkanes of at least 4 members (excludes halogenated alkanes) is 10. The summed E-state index contributed by atoms with van der Waals surface area (Å²) in [5.74, 6) is -0.865. The molecule has 298 valence electrons. The van der Waals surface area contributed by atoms with Crippen LogP contribution in [0.5, 0.6) is 0 Å². The molecule has 0 amide bonds. The number of nitrogens with one attached hydrogen (secondary N) is 1. The van der Waals surface area contributed by atoms with Crippen LogP contribution in [0.15, 0.2) is 72.9 Å². The summed E-state index contributed by atoms with van der Waals surface area (Å²) >= 11 is 0. The van der Waals surface area contributed by atoms with Gasteiger partial charge in [-0.15, -0.1) is 0 Å². The fourth-order valence-electron chi connectivity index (χ4n) is 4.79. The highest BCUT2D eigenvalue weighted by molar-refractivity contribution is 7.47. The van der Waals surface area contributed by atoms with Crippen LogP contribution < -0.4 is 5.32 Å². The molecule has 0 aromatic rings. The van der Waals surface area contributed by atoms with Gasteiger partial charge < -0.3 is 19.7 Å². The van der Waals surface area contributed by atoms with E-state index in [0.29, 0.717) is 19.4 Å². The molecule has 0 saturated carbocycles. The molecule has 10 heteroatoms. The molecule has 0 saturated heterocycles. The molecule has 0 aromatic carbocycles. The Kier molecular flexibility index (Phi) is 36.3. The largest absolute Gasteiger partial charge is 0.472 e. The molecule has 0 aromatic heterocycles. The number of carbonyl (C=O) groups excluding carboxylic acids is 2. The van der Waals surface area contributed by atoms with Crippen LogP contribution in [0.2, 0.25) is 0 Å². The molecular weight excluding hydrogens is 677 g/mol. The van der Waals surface area contributed by atoms with Gasteiger partial charge in [-0.05, 0) is 84.1 Å². The van der Waals surface area contributed by atoms with Gasteiger partial charge in [-0.1, -0.05) is 125 Å². The standard InChI is InChI=1S/C42H72NO8P/c1-4-6-8-10-12-14-16-17-18-19-20-21-22-23-25-26-28-30-32-34-41(44)48-38-40(39-50-52(46,47)49-37-36-43-3)51-42(45)35-33-31-29-27-24-15-13-11-9-7-5-2/h6,8,11-14,17-18,20-21,23,25,40,43H,4-5,7,9-10,15-16,19,22,24,26-39H2,1-3H3,(H,46,47)/b8-6-,13-11-,14-12-,18-17-,21-20-,25-23-. The highest BCUT2D eigenvalue weighted by Gasteiger charge is 2.26. The van der Waals surface area contributed by atoms with Gasteiger partial charge >= 0.3 is 19.8 Å². The van der Waals surface area contributed by atoms with Crippen molar-refractivity contribution in [1.82, 2.24) is 5.32 Å². The summed E-state index contributed by atoms with van der Waals surface area (Å²) in [4.78, 5) is 34.9. The molecule has 0 radical (unpaired) electrons. The van der Waals surface area contributed by atoms with E-state index in [4.69, 9.17) is 18.5 Å². The van der Waals surface area contributed by atoms with Crippen molar-refractivity contribution in [2.45, 2.75) is 148 Å². The first-order valence-corrected chi connectivity index (χ1v) is 21.4. The lowest BCUT2D eigenvalue weighted by Gasteiger charge is -2.20. The normalized spacial score (nSPS) is 14.2. The minimum Gasteiger partial charge on any atom is -0.462 e. The average molecular weight is 750 g/mol. The SMILES string of the molecule is CC/C=C\C/C=C\C/C=C\C/C=C\C/C=C\CCCCCC(=O)OCC(COP(=O)(O)OCCNC)OC(=O)CCCCCCC/C=C\CCCC. The van der Waals surface area contributed by atoms with Gasteiger partial charge in [-0.25, -0.2) is 4.57 Å². The maximum absolute atomic E-state index is 12.5. The molecule has 2 N–H and O–H groups in total. The van der Waals surface area contributed by atoms with Crippen molar-refractivity contribution >= 4 is 19.8 Å². The molecule has 0 aliphatic heterocycles. The molecule has 0 aliphatic carbocycles. The van der Waals surface area contributed by atoms with Crippen molar-refractivity contribution in [2.24, 2.45) is 0 Å². The molecule has 0 bridgehead atoms. The van der Waals surface area contributed by atoms with Crippen LogP contribution in [0.3, 0.4) is 0 Å². The Morgan fingerprint density at radius 3 is 1.67 bits per heavy atom. The number of allylic oxidation sites excluding steroid dienone is 12. The summed E-state index contributed by atoms with van der Waals surface area (Å²) in [6, 6.07) is 0. The van der Waals surface area contributed by atoms with Gasteiger partial charge in [0.25, 0.3) is 0 Å². The minimum absolute atomic E-state index is 0.0278. The number of hydrogen-bond acceptors (Lipinski definition) is 8. The molecule has 0 rings (SSSR count). The van der Waals surface area contributed by atoms with Crippen LogP contribution in [0, 0.1) is 0 Å². The lowest BCUT2D eigenvalue weighted by Crippen LogP contribution is -2.29. The lowest BCUT2D eigenvalue weighted by atomic mass is 10.1. The smallest absolute Gasteiger partial charge is 0.462 e. The van der Waals surface area contributed by atoms with Gasteiger partial charge in [-0.2, -0.15) is 0 Å². The molecule has 0 heterocycles. The number of phosphoric acid groups is 1. The van der Waals surface area contributed by atoms with Gasteiger partial charge in [0.05, 0.1) is 13.2 Å². The van der Waals surface area contributed by atoms with Crippen LogP contribution in [0.25, 0.3) is 0 Å². The third-order valence-electron chi connectivity index (χ3n) is 7.81. The van der Waals surface area contributed by atoms with E-state index in [-0.39, 0.29) is 26.1 Å². The Bertz CT molecular complexity index is 1080. The lowest BCUT2D eigenvalue weighted by molar-refractivity contribution is -0.161. The number of rotatable bonds is 36. The number of hydrogen-bond donors (Lipinski definition) is 2. The molecule has 52 heavy (non-hydrogen) atoms. The summed E-state index contributed by atoms with van der Waals surface area (Å²) in [7, 11) is -2.67. The Balaban J connectivity index is 4.33. The summed E-state index contributed by atoms with van der Waals surface area (Å²) < 4.78 is 33.0. The van der Waals surface area contributed by atoms with Crippen molar-refractivity contribution in [2.75, 3.05) is 33.4 Å². The summed E-state index contributed by atoms with van der Waals surface area (Å²) in [6.07, 6.45) is 43.8. The summed E-state index contributed by atoms with van der Waals surface area (Å²) in [5, 5.41) is 2.81. The first kappa shape index (κ1) is 49.5. The van der Waals surface area contributed by atoms with Gasteiger partial charge in [0, 0.05) is 19.4 Å². The first-order valence-electron chi connectivity index (χ1n) is 19.9. The van der Waals surface area contributed by atoms with Crippen molar-refractivity contribution < 1.29 is 37.6 Å². The maximum Gasteiger partial charge on any atom is 0.472 e. The second kappa shape index (κ2) is 38.2. The number of phosphoric ester groups is 1. The van der Waals surface area contributed by atoms with E-state index >= 15 is 0 Å². The zero-order valence-electron chi connectivity index (χ0n) is 32.7. The zero-order chi connectivity index (χ0) is 38.2. The molecule has 0 fully saturated rings. The topological polar surface area (TPSA) is 120 Å². The van der Waals surface area contributed by atoms with Gasteiger partial charge in [0.1, 0.15) is 6.61 Å². The predicted octanol–water partition coefficient (Wildman–Crippen LogP) is 11.0. The summed E-state index contributed by atoms with van der Waals surface area (Å²) in [6.45, 7) is 3.99. The first-order chi connectivity index (χ1) is 25.3. The van der Waals surface area contributed by atoms with Crippen LogP contribution in [-0.4, -0.2) is 56.3 Å². The molecule has 0 aliphatic rings. The molecule has 0 spiro atoms. The Hall–Kier alpha value is -2.55. The van der Waals surface area contributed by atoms with E-state index in [2.05, 4.69) is 92.1 Å². The van der Waals surface area contributed by atoms with E-state index in [1.54, 1.807) is 7.05 Å². The van der Waals surface area contributed by atoms with Gasteiger partial charge in [0.15, 0.2) is 6.10 Å². The Labute approximate surface area is 316 Å². The highest BCUT2D eigenvalue weighted by Crippen LogP contribution is 2.43. The Morgan fingerprint density at radius 2 is 1.10 bits per heavy atom. The highest BCUT2D eigenvalue weighted by atomic mass is 31.2. The fraction of sp³-hybridized carbons (Fsp3) is 0.667. The predicted molar refractivity (Wildman–Crippen MR) is 215 cm³/mol. The maximum atomic E-state index is 12.5. The van der Waals surface area contributed by atoms with Crippen molar-refractivity contribution in [3.05, 3.63) is 72.9 Å². The third-order valence-corrected chi connectivity index (χ3v) is 8.79. The van der Waals surface area contributed by atoms with Gasteiger partial charge in [-0.3, -0.25) is 18.6 Å². The van der Waals surface area contributed by atoms with E-state index in [1.807, 2.05) is 0 Å². The number of carbonyl (C=O) groups is 2. The van der Waals surface area contributed by atoms with Crippen molar-refractivity contribution in [3.63, 3.8) is 0 Å². The molecule has 2 unspecified atom stereocenters. The van der Waals surface area contributed by atoms with E-state index in [9.17, 15) is 19.0 Å². The van der Waals surface area contributed by atoms with Crippen LogP contribution >= 0.6 is 7.82 Å². The quantitative estimate of drug-likeness (QED) is 0.0279. The molecular formula is C42H72NO8P. The average Bonchev–Trinajstić information content (AvgIpc) is 3.12. The second-order valence-electron chi connectivity index (χ2n) is 12.7. The van der Waals surface area contributed by atoms with Gasteiger partial charge in [0.2, 0.25) is 0 Å². The molecule has 9 nitrogen and oxygen atoms in total. The monoisotopic (exact) mass is 749 g/mol. The van der Waals surface area contributed by atoms with Crippen molar-refractivity contribution in [3.8, 4) is 0 Å². The van der Waals surface area contributed by atoms with Crippen LogP contribution in [0.1, 0.15) is 142 Å². The summed E-state index contributed by atoms with van der Waals surface area (Å²) in [5.41, 5.74) is 0. The van der Waals surface area contributed by atoms with E-state index < -0.39 is 32.5 Å². The zero-order valence-corrected chi connectivity index (χ0v) is 33.6. The van der Waals surface area contributed by atoms with E-state index in [0.717, 1.165) is 89.9 Å². The number of ether oxygens (including phenoxy) is 2. The van der Waals surface area contributed by atoms with Crippen molar-refractivity contribution in [1.29, 1.82) is 0 Å². The molecule has 2 atom stereocenters. The Morgan fingerprint density at radius 1 is 0.615 bits per heavy atom.